The Morgan fingerprint density at radius 1 is 1.57 bits per heavy atom. The molecular weight excluding hydrogens is 176 g/mol. The number of Topliss-reactive ketones (excluding diaryl/α,β-unsaturated/α-hetero) is 1. The average molecular weight is 198 g/mol. The summed E-state index contributed by atoms with van der Waals surface area (Å²) in [6, 6.07) is 0. The zero-order chi connectivity index (χ0) is 10.9. The van der Waals surface area contributed by atoms with Gasteiger partial charge in [-0.05, 0) is 31.1 Å². The van der Waals surface area contributed by atoms with Gasteiger partial charge >= 0.3 is 0 Å². The number of hydrogen-bond donors (Lipinski definition) is 1. The van der Waals surface area contributed by atoms with Crippen LogP contribution in [0.15, 0.2) is 0 Å². The fraction of sp³-hybridized carbons (Fsp3) is 0.917. The Kier molecular flexibility index (Phi) is 3.36. The largest absolute Gasteiger partial charge is 0.393 e. The highest BCUT2D eigenvalue weighted by atomic mass is 16.3. The van der Waals surface area contributed by atoms with Crippen LogP contribution in [-0.2, 0) is 4.79 Å². The summed E-state index contributed by atoms with van der Waals surface area (Å²) in [5.41, 5.74) is 0.117. The van der Waals surface area contributed by atoms with E-state index < -0.39 is 0 Å². The molecule has 82 valence electrons. The third kappa shape index (κ3) is 2.17. The van der Waals surface area contributed by atoms with E-state index in [1.54, 1.807) is 6.92 Å². The molecule has 1 fully saturated rings. The highest BCUT2D eigenvalue weighted by Gasteiger charge is 2.45. The highest BCUT2D eigenvalue weighted by Crippen LogP contribution is 2.46. The molecule has 1 aliphatic rings. The van der Waals surface area contributed by atoms with E-state index in [1.165, 1.54) is 0 Å². The van der Waals surface area contributed by atoms with Gasteiger partial charge in [-0.1, -0.05) is 20.8 Å². The second-order valence-corrected chi connectivity index (χ2v) is 5.37. The number of aliphatic hydroxyl groups excluding tert-OH is 1. The van der Waals surface area contributed by atoms with Crippen LogP contribution in [0, 0.1) is 17.3 Å². The minimum Gasteiger partial charge on any atom is -0.393 e. The van der Waals surface area contributed by atoms with E-state index in [9.17, 15) is 9.90 Å². The van der Waals surface area contributed by atoms with Gasteiger partial charge in [0.1, 0.15) is 5.78 Å². The lowest BCUT2D eigenvalue weighted by Crippen LogP contribution is -2.26. The van der Waals surface area contributed by atoms with E-state index >= 15 is 0 Å². The Hall–Kier alpha value is -0.370. The van der Waals surface area contributed by atoms with Crippen LogP contribution in [0.25, 0.3) is 0 Å². The fourth-order valence-electron chi connectivity index (χ4n) is 2.41. The number of hydrogen-bond acceptors (Lipinski definition) is 2. The van der Waals surface area contributed by atoms with Gasteiger partial charge in [0, 0.05) is 12.3 Å². The van der Waals surface area contributed by atoms with Gasteiger partial charge in [-0.2, -0.15) is 0 Å². The maximum Gasteiger partial charge on any atom is 0.136 e. The normalized spacial score (nSPS) is 33.4. The summed E-state index contributed by atoms with van der Waals surface area (Å²) >= 11 is 0. The molecule has 0 spiro atoms. The van der Waals surface area contributed by atoms with Crippen molar-refractivity contribution in [3.8, 4) is 0 Å². The summed E-state index contributed by atoms with van der Waals surface area (Å²) in [6.07, 6.45) is 2.02. The van der Waals surface area contributed by atoms with E-state index in [0.29, 0.717) is 11.7 Å². The van der Waals surface area contributed by atoms with Crippen molar-refractivity contribution in [2.45, 2.75) is 53.1 Å². The summed E-state index contributed by atoms with van der Waals surface area (Å²) < 4.78 is 0. The van der Waals surface area contributed by atoms with Crippen LogP contribution >= 0.6 is 0 Å². The Labute approximate surface area is 86.7 Å². The lowest BCUT2D eigenvalue weighted by atomic mass is 9.74. The average Bonchev–Trinajstić information content (AvgIpc) is 2.20. The van der Waals surface area contributed by atoms with E-state index in [-0.39, 0.29) is 17.4 Å². The van der Waals surface area contributed by atoms with Crippen molar-refractivity contribution in [3.63, 3.8) is 0 Å². The summed E-state index contributed by atoms with van der Waals surface area (Å²) in [5, 5.41) is 9.22. The quantitative estimate of drug-likeness (QED) is 0.756. The second kappa shape index (κ2) is 4.01. The summed E-state index contributed by atoms with van der Waals surface area (Å²) in [5.74, 6) is 1.03. The van der Waals surface area contributed by atoms with E-state index in [0.717, 1.165) is 19.3 Å². The summed E-state index contributed by atoms with van der Waals surface area (Å²) in [4.78, 5) is 11.7. The first kappa shape index (κ1) is 11.7. The third-order valence-electron chi connectivity index (χ3n) is 3.94. The Morgan fingerprint density at radius 3 is 2.50 bits per heavy atom. The molecule has 1 saturated carbocycles. The van der Waals surface area contributed by atoms with E-state index in [4.69, 9.17) is 0 Å². The second-order valence-electron chi connectivity index (χ2n) is 5.37. The molecule has 14 heavy (non-hydrogen) atoms. The van der Waals surface area contributed by atoms with Crippen molar-refractivity contribution in [3.05, 3.63) is 0 Å². The molecule has 3 atom stereocenters. The van der Waals surface area contributed by atoms with Crippen LogP contribution in [0.4, 0.5) is 0 Å². The first-order valence-corrected chi connectivity index (χ1v) is 5.56. The van der Waals surface area contributed by atoms with Gasteiger partial charge in [0.25, 0.3) is 0 Å². The molecule has 1 aliphatic carbocycles. The molecule has 0 aliphatic heterocycles. The van der Waals surface area contributed by atoms with Crippen LogP contribution in [0.2, 0.25) is 0 Å². The molecule has 0 radical (unpaired) electrons. The fourth-order valence-corrected chi connectivity index (χ4v) is 2.41. The van der Waals surface area contributed by atoms with Crippen molar-refractivity contribution < 1.29 is 9.90 Å². The molecule has 1 N–H and O–H groups in total. The first-order chi connectivity index (χ1) is 6.35. The lowest BCUT2D eigenvalue weighted by molar-refractivity contribution is -0.122. The molecule has 2 nitrogen and oxygen atoms in total. The van der Waals surface area contributed by atoms with Crippen LogP contribution in [-0.4, -0.2) is 17.0 Å². The Balaban J connectivity index is 2.62. The Morgan fingerprint density at radius 2 is 2.14 bits per heavy atom. The number of aliphatic hydroxyl groups is 1. The highest BCUT2D eigenvalue weighted by molar-refractivity contribution is 5.84. The molecule has 0 aromatic heterocycles. The SMILES string of the molecule is CC(O)CCC1C(=O)CC(C)C1(C)C. The molecule has 0 heterocycles. The molecule has 0 bridgehead atoms. The monoisotopic (exact) mass is 198 g/mol. The third-order valence-corrected chi connectivity index (χ3v) is 3.94. The maximum atomic E-state index is 11.7. The topological polar surface area (TPSA) is 37.3 Å². The zero-order valence-electron chi connectivity index (χ0n) is 9.71. The van der Waals surface area contributed by atoms with Gasteiger partial charge in [-0.15, -0.1) is 0 Å². The van der Waals surface area contributed by atoms with Gasteiger partial charge in [-0.3, -0.25) is 4.79 Å². The molecule has 0 aromatic carbocycles. The summed E-state index contributed by atoms with van der Waals surface area (Å²) in [6.45, 7) is 8.29. The van der Waals surface area contributed by atoms with Gasteiger partial charge in [0.2, 0.25) is 0 Å². The maximum absolute atomic E-state index is 11.7. The predicted molar refractivity (Wildman–Crippen MR) is 57.0 cm³/mol. The Bertz CT molecular complexity index is 218. The number of carbonyl (C=O) groups is 1. The standard InChI is InChI=1S/C12H22O2/c1-8-7-11(14)10(12(8,3)4)6-5-9(2)13/h8-10,13H,5-7H2,1-4H3. The van der Waals surface area contributed by atoms with Crippen molar-refractivity contribution in [2.75, 3.05) is 0 Å². The van der Waals surface area contributed by atoms with Crippen LogP contribution < -0.4 is 0 Å². The van der Waals surface area contributed by atoms with Crippen molar-refractivity contribution >= 4 is 5.78 Å². The predicted octanol–water partition coefficient (Wildman–Crippen LogP) is 2.40. The number of rotatable bonds is 3. The molecule has 0 amide bonds. The first-order valence-electron chi connectivity index (χ1n) is 5.56. The van der Waals surface area contributed by atoms with Crippen molar-refractivity contribution in [1.82, 2.24) is 0 Å². The van der Waals surface area contributed by atoms with Gasteiger partial charge in [0.05, 0.1) is 6.10 Å². The van der Waals surface area contributed by atoms with Crippen molar-refractivity contribution in [1.29, 1.82) is 0 Å². The molecule has 0 saturated heterocycles. The molecular formula is C12H22O2. The molecule has 1 rings (SSSR count). The number of carbonyl (C=O) groups excluding carboxylic acids is 1. The van der Waals surface area contributed by atoms with Crippen LogP contribution in [0.1, 0.15) is 47.0 Å². The minimum absolute atomic E-state index is 0.117. The van der Waals surface area contributed by atoms with E-state index in [1.807, 2.05) is 0 Å². The molecule has 0 aromatic rings. The van der Waals surface area contributed by atoms with Gasteiger partial charge < -0.3 is 5.11 Å². The van der Waals surface area contributed by atoms with E-state index in [2.05, 4.69) is 20.8 Å². The smallest absolute Gasteiger partial charge is 0.136 e. The van der Waals surface area contributed by atoms with Crippen LogP contribution in [0.5, 0.6) is 0 Å². The van der Waals surface area contributed by atoms with Gasteiger partial charge in [0.15, 0.2) is 0 Å². The number of ketones is 1. The zero-order valence-corrected chi connectivity index (χ0v) is 9.71. The van der Waals surface area contributed by atoms with Crippen LogP contribution in [0.3, 0.4) is 0 Å². The molecule has 3 unspecified atom stereocenters. The lowest BCUT2D eigenvalue weighted by Gasteiger charge is -2.30. The minimum atomic E-state index is -0.283. The summed E-state index contributed by atoms with van der Waals surface area (Å²) in [7, 11) is 0. The van der Waals surface area contributed by atoms with Crippen molar-refractivity contribution in [2.24, 2.45) is 17.3 Å². The van der Waals surface area contributed by atoms with Gasteiger partial charge in [-0.25, -0.2) is 0 Å². The molecule has 2 heteroatoms.